The third kappa shape index (κ3) is 3.98. The standard InChI is InChI=1S/C14H15BrF3NO/c15-11-5-7-12(8-6-11)19-13(20)9-1-3-10(4-2-9)14(16,17)18/h5-10H,1-4H2,(H,19,20). The van der Waals surface area contributed by atoms with Gasteiger partial charge in [0.05, 0.1) is 5.92 Å². The second-order valence-electron chi connectivity index (χ2n) is 5.09. The van der Waals surface area contributed by atoms with E-state index in [0.29, 0.717) is 18.5 Å². The van der Waals surface area contributed by atoms with E-state index in [2.05, 4.69) is 21.2 Å². The van der Waals surface area contributed by atoms with Crippen LogP contribution in [0.1, 0.15) is 25.7 Å². The van der Waals surface area contributed by atoms with Gasteiger partial charge < -0.3 is 5.32 Å². The van der Waals surface area contributed by atoms with Gasteiger partial charge in [-0.15, -0.1) is 0 Å². The van der Waals surface area contributed by atoms with E-state index in [4.69, 9.17) is 0 Å². The van der Waals surface area contributed by atoms with Gasteiger partial charge in [0.2, 0.25) is 5.91 Å². The van der Waals surface area contributed by atoms with E-state index in [1.807, 2.05) is 0 Å². The smallest absolute Gasteiger partial charge is 0.326 e. The SMILES string of the molecule is O=C(Nc1ccc(Br)cc1)C1CCC(C(F)(F)F)CC1. The molecule has 1 aliphatic rings. The Hall–Kier alpha value is -1.04. The summed E-state index contributed by atoms with van der Waals surface area (Å²) >= 11 is 3.29. The minimum atomic E-state index is -4.13. The molecule has 2 nitrogen and oxygen atoms in total. The quantitative estimate of drug-likeness (QED) is 0.819. The van der Waals surface area contributed by atoms with Crippen molar-refractivity contribution in [1.82, 2.24) is 0 Å². The lowest BCUT2D eigenvalue weighted by Crippen LogP contribution is -2.32. The Balaban J connectivity index is 1.87. The van der Waals surface area contributed by atoms with Gasteiger partial charge >= 0.3 is 6.18 Å². The molecule has 1 aliphatic carbocycles. The van der Waals surface area contributed by atoms with Crippen molar-refractivity contribution in [3.8, 4) is 0 Å². The van der Waals surface area contributed by atoms with Crippen molar-refractivity contribution in [2.75, 3.05) is 5.32 Å². The fourth-order valence-corrected chi connectivity index (χ4v) is 2.72. The van der Waals surface area contributed by atoms with Crippen LogP contribution in [0, 0.1) is 11.8 Å². The molecule has 0 atom stereocenters. The highest BCUT2D eigenvalue weighted by atomic mass is 79.9. The summed E-state index contributed by atoms with van der Waals surface area (Å²) in [6, 6.07) is 7.11. The molecule has 1 fully saturated rings. The van der Waals surface area contributed by atoms with Gasteiger partial charge in [0.25, 0.3) is 0 Å². The van der Waals surface area contributed by atoms with E-state index in [1.54, 1.807) is 24.3 Å². The van der Waals surface area contributed by atoms with E-state index >= 15 is 0 Å². The van der Waals surface area contributed by atoms with Crippen molar-refractivity contribution in [3.63, 3.8) is 0 Å². The predicted molar refractivity (Wildman–Crippen MR) is 74.3 cm³/mol. The van der Waals surface area contributed by atoms with Gasteiger partial charge in [0.1, 0.15) is 0 Å². The predicted octanol–water partition coefficient (Wildman–Crippen LogP) is 4.76. The molecule has 20 heavy (non-hydrogen) atoms. The van der Waals surface area contributed by atoms with Crippen LogP contribution >= 0.6 is 15.9 Å². The molecular weight excluding hydrogens is 335 g/mol. The van der Waals surface area contributed by atoms with E-state index in [0.717, 1.165) is 4.47 Å². The number of carbonyl (C=O) groups is 1. The zero-order valence-corrected chi connectivity index (χ0v) is 12.3. The first-order chi connectivity index (χ1) is 9.36. The summed E-state index contributed by atoms with van der Waals surface area (Å²) in [7, 11) is 0. The maximum absolute atomic E-state index is 12.5. The monoisotopic (exact) mass is 349 g/mol. The largest absolute Gasteiger partial charge is 0.391 e. The maximum Gasteiger partial charge on any atom is 0.391 e. The number of alkyl halides is 3. The highest BCUT2D eigenvalue weighted by Gasteiger charge is 2.42. The van der Waals surface area contributed by atoms with Crippen molar-refractivity contribution in [3.05, 3.63) is 28.7 Å². The average Bonchev–Trinajstić information content (AvgIpc) is 2.40. The highest BCUT2D eigenvalue weighted by Crippen LogP contribution is 2.39. The lowest BCUT2D eigenvalue weighted by molar-refractivity contribution is -0.184. The lowest BCUT2D eigenvalue weighted by atomic mass is 9.81. The van der Waals surface area contributed by atoms with Gasteiger partial charge in [-0.05, 0) is 49.9 Å². The van der Waals surface area contributed by atoms with E-state index in [-0.39, 0.29) is 24.7 Å². The summed E-state index contributed by atoms with van der Waals surface area (Å²) in [5.41, 5.74) is 0.663. The molecule has 1 amide bonds. The van der Waals surface area contributed by atoms with Gasteiger partial charge in [-0.25, -0.2) is 0 Å². The molecule has 0 aromatic heterocycles. The van der Waals surface area contributed by atoms with Crippen LogP contribution < -0.4 is 5.32 Å². The Morgan fingerprint density at radius 2 is 1.65 bits per heavy atom. The number of carbonyl (C=O) groups excluding carboxylic acids is 1. The topological polar surface area (TPSA) is 29.1 Å². The maximum atomic E-state index is 12.5. The first-order valence-electron chi connectivity index (χ1n) is 6.49. The van der Waals surface area contributed by atoms with Crippen molar-refractivity contribution >= 4 is 27.5 Å². The number of anilines is 1. The summed E-state index contributed by atoms with van der Waals surface area (Å²) in [5, 5.41) is 2.75. The van der Waals surface area contributed by atoms with Crippen molar-refractivity contribution in [2.24, 2.45) is 11.8 Å². The van der Waals surface area contributed by atoms with E-state index < -0.39 is 12.1 Å². The third-order valence-electron chi connectivity index (χ3n) is 3.67. The lowest BCUT2D eigenvalue weighted by Gasteiger charge is -2.29. The molecule has 0 heterocycles. The number of amides is 1. The summed E-state index contributed by atoms with van der Waals surface area (Å²) in [6.07, 6.45) is -3.45. The first kappa shape index (κ1) is 15.4. The molecule has 0 spiro atoms. The van der Waals surface area contributed by atoms with Crippen molar-refractivity contribution in [2.45, 2.75) is 31.9 Å². The number of hydrogen-bond donors (Lipinski definition) is 1. The molecule has 0 unspecified atom stereocenters. The first-order valence-corrected chi connectivity index (χ1v) is 7.28. The molecule has 6 heteroatoms. The van der Waals surface area contributed by atoms with Gasteiger partial charge in [-0.3, -0.25) is 4.79 Å². The highest BCUT2D eigenvalue weighted by molar-refractivity contribution is 9.10. The Bertz CT molecular complexity index is 464. The number of rotatable bonds is 2. The number of hydrogen-bond acceptors (Lipinski definition) is 1. The molecule has 0 aliphatic heterocycles. The Morgan fingerprint density at radius 1 is 1.10 bits per heavy atom. The van der Waals surface area contributed by atoms with Crippen molar-refractivity contribution < 1.29 is 18.0 Å². The van der Waals surface area contributed by atoms with Gasteiger partial charge in [0.15, 0.2) is 0 Å². The number of halogens is 4. The Labute approximate surface area is 123 Å². The fourth-order valence-electron chi connectivity index (χ4n) is 2.46. The van der Waals surface area contributed by atoms with Crippen LogP contribution in [-0.2, 0) is 4.79 Å². The average molecular weight is 350 g/mol. The zero-order chi connectivity index (χ0) is 14.8. The zero-order valence-electron chi connectivity index (χ0n) is 10.7. The molecule has 110 valence electrons. The summed E-state index contributed by atoms with van der Waals surface area (Å²) in [6.45, 7) is 0. The molecule has 1 aromatic carbocycles. The second-order valence-corrected chi connectivity index (χ2v) is 6.00. The third-order valence-corrected chi connectivity index (χ3v) is 4.20. The van der Waals surface area contributed by atoms with E-state index in [1.165, 1.54) is 0 Å². The van der Waals surface area contributed by atoms with Crippen LogP contribution in [-0.4, -0.2) is 12.1 Å². The fraction of sp³-hybridized carbons (Fsp3) is 0.500. The molecule has 0 saturated heterocycles. The van der Waals surface area contributed by atoms with Gasteiger partial charge in [-0.1, -0.05) is 15.9 Å². The molecule has 0 radical (unpaired) electrons. The Kier molecular flexibility index (Phi) is 4.73. The van der Waals surface area contributed by atoms with Crippen LogP contribution in [0.2, 0.25) is 0 Å². The van der Waals surface area contributed by atoms with Crippen LogP contribution in [0.3, 0.4) is 0 Å². The molecule has 0 bridgehead atoms. The summed E-state index contributed by atoms with van der Waals surface area (Å²) < 4.78 is 38.6. The van der Waals surface area contributed by atoms with Gasteiger partial charge in [-0.2, -0.15) is 13.2 Å². The van der Waals surface area contributed by atoms with Crippen LogP contribution in [0.15, 0.2) is 28.7 Å². The summed E-state index contributed by atoms with van der Waals surface area (Å²) in [4.78, 5) is 12.0. The second kappa shape index (κ2) is 6.16. The summed E-state index contributed by atoms with van der Waals surface area (Å²) in [5.74, 6) is -1.76. The van der Waals surface area contributed by atoms with E-state index in [9.17, 15) is 18.0 Å². The molecule has 1 saturated carbocycles. The van der Waals surface area contributed by atoms with Gasteiger partial charge in [0, 0.05) is 16.1 Å². The number of benzene rings is 1. The molecule has 1 N–H and O–H groups in total. The normalized spacial score (nSPS) is 23.4. The van der Waals surface area contributed by atoms with Crippen LogP contribution in [0.5, 0.6) is 0 Å². The van der Waals surface area contributed by atoms with Crippen molar-refractivity contribution in [1.29, 1.82) is 0 Å². The minimum Gasteiger partial charge on any atom is -0.326 e. The van der Waals surface area contributed by atoms with Crippen LogP contribution in [0.25, 0.3) is 0 Å². The molecule has 2 rings (SSSR count). The minimum absolute atomic E-state index is 0.0436. The Morgan fingerprint density at radius 3 is 2.15 bits per heavy atom. The number of nitrogens with one attached hydrogen (secondary N) is 1. The molecule has 1 aromatic rings. The molecular formula is C14H15BrF3NO. The van der Waals surface area contributed by atoms with Crippen LogP contribution in [0.4, 0.5) is 18.9 Å².